The molecule has 19 heavy (non-hydrogen) atoms. The van der Waals surface area contributed by atoms with E-state index in [0.717, 1.165) is 25.0 Å². The quantitative estimate of drug-likeness (QED) is 0.695. The lowest BCUT2D eigenvalue weighted by Gasteiger charge is -2.23. The van der Waals surface area contributed by atoms with E-state index in [1.165, 1.54) is 42.1 Å². The highest BCUT2D eigenvalue weighted by atomic mass is 32.1. The van der Waals surface area contributed by atoms with Crippen LogP contribution < -0.4 is 5.32 Å². The lowest BCUT2D eigenvalue weighted by molar-refractivity contribution is 0.247. The predicted octanol–water partition coefficient (Wildman–Crippen LogP) is 3.66. The highest BCUT2D eigenvalue weighted by molar-refractivity contribution is 7.11. The second-order valence-electron chi connectivity index (χ2n) is 6.14. The van der Waals surface area contributed by atoms with Gasteiger partial charge in [0.2, 0.25) is 0 Å². The lowest BCUT2D eigenvalue weighted by Crippen LogP contribution is -2.34. The van der Waals surface area contributed by atoms with E-state index >= 15 is 0 Å². The van der Waals surface area contributed by atoms with Crippen LogP contribution in [-0.4, -0.2) is 30.6 Å². The van der Waals surface area contributed by atoms with Gasteiger partial charge < -0.3 is 5.32 Å². The lowest BCUT2D eigenvalue weighted by atomic mass is 10.1. The molecular weight excluding hydrogens is 252 g/mol. The van der Waals surface area contributed by atoms with Crippen molar-refractivity contribution in [2.45, 2.75) is 52.6 Å². The molecule has 3 heteroatoms. The van der Waals surface area contributed by atoms with Gasteiger partial charge in [-0.2, -0.15) is 0 Å². The Balaban J connectivity index is 1.62. The third kappa shape index (κ3) is 5.64. The summed E-state index contributed by atoms with van der Waals surface area (Å²) >= 11 is 1.90. The standard InChI is InChI=1S/C16H28N2S/c1-13(2)8-10-18(15-5-6-15)11-9-17-12-16-7-4-14(3)19-16/h4,7,13,15,17H,5-6,8-12H2,1-3H3. The van der Waals surface area contributed by atoms with Crippen LogP contribution in [0, 0.1) is 12.8 Å². The van der Waals surface area contributed by atoms with Crippen molar-refractivity contribution in [1.82, 2.24) is 10.2 Å². The normalized spacial score (nSPS) is 15.6. The largest absolute Gasteiger partial charge is 0.311 e. The van der Waals surface area contributed by atoms with Crippen LogP contribution in [0.25, 0.3) is 0 Å². The van der Waals surface area contributed by atoms with Gasteiger partial charge in [-0.1, -0.05) is 13.8 Å². The van der Waals surface area contributed by atoms with Crippen LogP contribution in [0.2, 0.25) is 0 Å². The molecule has 1 fully saturated rings. The molecule has 0 amide bonds. The van der Waals surface area contributed by atoms with Crippen molar-refractivity contribution >= 4 is 11.3 Å². The van der Waals surface area contributed by atoms with Crippen molar-refractivity contribution in [2.24, 2.45) is 5.92 Å². The molecule has 108 valence electrons. The summed E-state index contributed by atoms with van der Waals surface area (Å²) in [6, 6.07) is 5.34. The Morgan fingerprint density at radius 3 is 2.68 bits per heavy atom. The van der Waals surface area contributed by atoms with Crippen LogP contribution in [-0.2, 0) is 6.54 Å². The molecule has 1 aliphatic rings. The number of thiophene rings is 1. The Labute approximate surface area is 122 Å². The third-order valence-corrected chi connectivity index (χ3v) is 4.73. The number of hydrogen-bond acceptors (Lipinski definition) is 3. The van der Waals surface area contributed by atoms with Crippen LogP contribution in [0.15, 0.2) is 12.1 Å². The molecule has 0 radical (unpaired) electrons. The summed E-state index contributed by atoms with van der Waals surface area (Å²) in [6.07, 6.45) is 4.17. The fraction of sp³-hybridized carbons (Fsp3) is 0.750. The molecule has 0 aromatic carbocycles. The first kappa shape index (κ1) is 15.0. The molecule has 0 spiro atoms. The Hall–Kier alpha value is -0.380. The fourth-order valence-electron chi connectivity index (χ4n) is 2.36. The van der Waals surface area contributed by atoms with Gasteiger partial charge in [0.1, 0.15) is 0 Å². The third-order valence-electron chi connectivity index (χ3n) is 3.73. The maximum atomic E-state index is 3.58. The molecule has 0 saturated heterocycles. The maximum absolute atomic E-state index is 3.58. The van der Waals surface area contributed by atoms with E-state index in [9.17, 15) is 0 Å². The minimum atomic E-state index is 0.823. The van der Waals surface area contributed by atoms with Crippen LogP contribution in [0.4, 0.5) is 0 Å². The second kappa shape index (κ2) is 7.41. The summed E-state index contributed by atoms with van der Waals surface area (Å²) in [5.41, 5.74) is 0. The first-order chi connectivity index (χ1) is 9.15. The molecule has 0 unspecified atom stereocenters. The van der Waals surface area contributed by atoms with E-state index in [1.807, 2.05) is 11.3 Å². The average Bonchev–Trinajstić information content (AvgIpc) is 3.11. The molecule has 1 aromatic rings. The minimum Gasteiger partial charge on any atom is -0.311 e. The Morgan fingerprint density at radius 1 is 1.32 bits per heavy atom. The SMILES string of the molecule is Cc1ccc(CNCCN(CCC(C)C)C2CC2)s1. The van der Waals surface area contributed by atoms with Gasteiger partial charge in [0, 0.05) is 35.4 Å². The van der Waals surface area contributed by atoms with Crippen LogP contribution in [0.3, 0.4) is 0 Å². The second-order valence-corrected chi connectivity index (χ2v) is 7.51. The number of rotatable bonds is 9. The van der Waals surface area contributed by atoms with E-state index in [2.05, 4.69) is 43.1 Å². The minimum absolute atomic E-state index is 0.823. The zero-order chi connectivity index (χ0) is 13.7. The molecule has 2 nitrogen and oxygen atoms in total. The fourth-order valence-corrected chi connectivity index (χ4v) is 3.22. The van der Waals surface area contributed by atoms with Crippen molar-refractivity contribution in [3.05, 3.63) is 21.9 Å². The Morgan fingerprint density at radius 2 is 2.11 bits per heavy atom. The van der Waals surface area contributed by atoms with Gasteiger partial charge in [-0.05, 0) is 50.8 Å². The first-order valence-electron chi connectivity index (χ1n) is 7.65. The molecule has 0 aliphatic heterocycles. The Kier molecular flexibility index (Phi) is 5.86. The summed E-state index contributed by atoms with van der Waals surface area (Å²) in [7, 11) is 0. The van der Waals surface area contributed by atoms with Gasteiger partial charge in [0.25, 0.3) is 0 Å². The Bertz CT molecular complexity index is 369. The summed E-state index contributed by atoms with van der Waals surface area (Å²) in [4.78, 5) is 5.55. The van der Waals surface area contributed by atoms with E-state index < -0.39 is 0 Å². The summed E-state index contributed by atoms with van der Waals surface area (Å²) < 4.78 is 0. The van der Waals surface area contributed by atoms with E-state index in [-0.39, 0.29) is 0 Å². The molecule has 1 heterocycles. The van der Waals surface area contributed by atoms with Gasteiger partial charge >= 0.3 is 0 Å². The van der Waals surface area contributed by atoms with Crippen molar-refractivity contribution < 1.29 is 0 Å². The van der Waals surface area contributed by atoms with Gasteiger partial charge in [0.05, 0.1) is 0 Å². The van der Waals surface area contributed by atoms with Crippen LogP contribution in [0.5, 0.6) is 0 Å². The smallest absolute Gasteiger partial charge is 0.0300 e. The highest BCUT2D eigenvalue weighted by Gasteiger charge is 2.28. The van der Waals surface area contributed by atoms with Crippen LogP contribution in [0.1, 0.15) is 42.9 Å². The van der Waals surface area contributed by atoms with Crippen LogP contribution >= 0.6 is 11.3 Å². The van der Waals surface area contributed by atoms with Crippen molar-refractivity contribution in [1.29, 1.82) is 0 Å². The molecular formula is C16H28N2S. The van der Waals surface area contributed by atoms with Gasteiger partial charge in [-0.25, -0.2) is 0 Å². The first-order valence-corrected chi connectivity index (χ1v) is 8.47. The molecule has 1 aliphatic carbocycles. The van der Waals surface area contributed by atoms with Gasteiger partial charge in [-0.3, -0.25) is 4.90 Å². The molecule has 1 aromatic heterocycles. The van der Waals surface area contributed by atoms with E-state index in [1.54, 1.807) is 0 Å². The number of nitrogens with zero attached hydrogens (tertiary/aromatic N) is 1. The summed E-state index contributed by atoms with van der Waals surface area (Å²) in [6.45, 7) is 11.5. The zero-order valence-corrected chi connectivity index (χ0v) is 13.4. The molecule has 1 N–H and O–H groups in total. The van der Waals surface area contributed by atoms with Gasteiger partial charge in [-0.15, -0.1) is 11.3 Å². The number of aryl methyl sites for hydroxylation is 1. The molecule has 0 bridgehead atoms. The van der Waals surface area contributed by atoms with Crippen molar-refractivity contribution in [3.8, 4) is 0 Å². The molecule has 0 atom stereocenters. The number of nitrogens with one attached hydrogen (secondary N) is 1. The molecule has 2 rings (SSSR count). The number of hydrogen-bond donors (Lipinski definition) is 1. The zero-order valence-electron chi connectivity index (χ0n) is 12.6. The van der Waals surface area contributed by atoms with Crippen molar-refractivity contribution in [2.75, 3.05) is 19.6 Å². The average molecular weight is 280 g/mol. The van der Waals surface area contributed by atoms with Crippen molar-refractivity contribution in [3.63, 3.8) is 0 Å². The van der Waals surface area contributed by atoms with E-state index in [4.69, 9.17) is 0 Å². The highest BCUT2D eigenvalue weighted by Crippen LogP contribution is 2.27. The summed E-state index contributed by atoms with van der Waals surface area (Å²) in [5.74, 6) is 0.823. The van der Waals surface area contributed by atoms with E-state index in [0.29, 0.717) is 0 Å². The predicted molar refractivity (Wildman–Crippen MR) is 84.8 cm³/mol. The maximum Gasteiger partial charge on any atom is 0.0300 e. The monoisotopic (exact) mass is 280 g/mol. The summed E-state index contributed by atoms with van der Waals surface area (Å²) in [5, 5.41) is 3.58. The van der Waals surface area contributed by atoms with Gasteiger partial charge in [0.15, 0.2) is 0 Å². The molecule has 1 saturated carbocycles. The topological polar surface area (TPSA) is 15.3 Å².